The molecule has 3 aromatic rings. The maximum Gasteiger partial charge on any atom is 0.408 e. The molecule has 1 saturated heterocycles. The fraction of sp³-hybridized carbons (Fsp3) is 0.482. The highest BCUT2D eigenvalue weighted by Crippen LogP contribution is 2.60. The van der Waals surface area contributed by atoms with Crippen molar-refractivity contribution in [2.75, 3.05) is 39.6 Å². The van der Waals surface area contributed by atoms with Gasteiger partial charge in [-0.2, -0.15) is 0 Å². The molecular formula is C56H66N2O19. The molecule has 1 unspecified atom stereocenters. The molecule has 2 fully saturated rings. The number of benzene rings is 3. The third-order valence-electron chi connectivity index (χ3n) is 14.1. The summed E-state index contributed by atoms with van der Waals surface area (Å²) in [4.78, 5) is 96.6. The van der Waals surface area contributed by atoms with Gasteiger partial charge in [0.1, 0.15) is 60.6 Å². The number of carbonyl (C=O) groups is 7. The average molecular weight is 1070 g/mol. The van der Waals surface area contributed by atoms with Gasteiger partial charge in [-0.15, -0.1) is 0 Å². The third-order valence-corrected chi connectivity index (χ3v) is 14.1. The summed E-state index contributed by atoms with van der Waals surface area (Å²) in [6.07, 6.45) is -11.4. The van der Waals surface area contributed by atoms with Crippen molar-refractivity contribution in [3.63, 3.8) is 0 Å². The summed E-state index contributed by atoms with van der Waals surface area (Å²) in [5.41, 5.74) is -6.51. The highest BCUT2D eigenvalue weighted by Gasteiger charge is 2.72. The molecule has 7 rings (SSSR count). The number of hydrogen-bond acceptors (Lipinski definition) is 19. The van der Waals surface area contributed by atoms with Crippen molar-refractivity contribution in [1.29, 1.82) is 0 Å². The van der Waals surface area contributed by atoms with E-state index in [1.165, 1.54) is 32.9 Å². The Morgan fingerprint density at radius 3 is 2.12 bits per heavy atom. The standard InChI is InChI=1S/C56H66N2O19/c1-32-38(28-56(68)48(75-49(64)36-21-15-10-16-22-36)43-41(45(62)46(63)42(32)54(56,6)7)37(60)27-39-55(43,31-72-39)76-33(2)59)73-50(65)47(44(35-19-13-9-14-20-35)58-52(67)77-53(3,4)5)74-40(61)30-70-26-25-69-24-23-57-51(66)71-29-34-17-11-8-12-18-34/h8-22,38-39,43-44,46-48,60,63,68H,23-31H2,1-7H3,(H,57,66)(H,58,67)/t38-,39?,43+,44-,46+,47+,48-,55-,56+/m0/s1. The zero-order chi connectivity index (χ0) is 55.9. The molecule has 21 heteroatoms. The zero-order valence-corrected chi connectivity index (χ0v) is 43.9. The minimum atomic E-state index is -2.48. The van der Waals surface area contributed by atoms with E-state index in [1.807, 2.05) is 30.3 Å². The van der Waals surface area contributed by atoms with Crippen molar-refractivity contribution in [2.45, 2.75) is 121 Å². The molecule has 0 radical (unpaired) electrons. The van der Waals surface area contributed by atoms with E-state index >= 15 is 4.79 Å². The number of carbonyl (C=O) groups excluding carboxylic acids is 7. The first-order valence-corrected chi connectivity index (χ1v) is 25.2. The Morgan fingerprint density at radius 1 is 0.857 bits per heavy atom. The largest absolute Gasteiger partial charge is 0.512 e. The van der Waals surface area contributed by atoms with Crippen molar-refractivity contribution >= 4 is 41.8 Å². The normalized spacial score (nSPS) is 25.2. The number of fused-ring (bicyclic) bond motifs is 5. The Hall–Kier alpha value is -7.17. The number of aliphatic hydroxyl groups is 3. The van der Waals surface area contributed by atoms with E-state index in [4.69, 9.17) is 42.6 Å². The second-order valence-corrected chi connectivity index (χ2v) is 20.7. The molecule has 0 spiro atoms. The van der Waals surface area contributed by atoms with Gasteiger partial charge in [0.15, 0.2) is 11.4 Å². The number of Topliss-reactive ketones (excluding diaryl/α,β-unsaturated/α-hetero) is 1. The topological polar surface area (TPSA) is 287 Å². The Bertz CT molecular complexity index is 2720. The van der Waals surface area contributed by atoms with Gasteiger partial charge in [-0.25, -0.2) is 24.0 Å². The van der Waals surface area contributed by atoms with E-state index in [2.05, 4.69) is 10.6 Å². The quantitative estimate of drug-likeness (QED) is 0.0445. The molecule has 5 N–H and O–H groups in total. The lowest BCUT2D eigenvalue weighted by molar-refractivity contribution is -0.299. The Balaban J connectivity index is 1.18. The van der Waals surface area contributed by atoms with Crippen molar-refractivity contribution in [3.05, 3.63) is 130 Å². The van der Waals surface area contributed by atoms with Crippen LogP contribution in [0.4, 0.5) is 9.59 Å². The maximum absolute atomic E-state index is 15.1. The number of aliphatic hydroxyl groups excluding tert-OH is 2. The molecule has 77 heavy (non-hydrogen) atoms. The molecule has 2 amide bonds. The van der Waals surface area contributed by atoms with Gasteiger partial charge in [0.25, 0.3) is 0 Å². The van der Waals surface area contributed by atoms with Gasteiger partial charge in [0, 0.05) is 37.3 Å². The highest BCUT2D eigenvalue weighted by molar-refractivity contribution is 6.03. The predicted octanol–water partition coefficient (Wildman–Crippen LogP) is 5.22. The minimum absolute atomic E-state index is 0.0232. The van der Waals surface area contributed by atoms with E-state index in [-0.39, 0.29) is 68.3 Å². The summed E-state index contributed by atoms with van der Waals surface area (Å²) < 4.78 is 51.9. The van der Waals surface area contributed by atoms with Gasteiger partial charge in [-0.05, 0) is 62.1 Å². The highest BCUT2D eigenvalue weighted by atomic mass is 16.6. The van der Waals surface area contributed by atoms with E-state index < -0.39 is 131 Å². The summed E-state index contributed by atoms with van der Waals surface area (Å²) in [6, 6.07) is 23.3. The molecule has 414 valence electrons. The molecule has 1 heterocycles. The minimum Gasteiger partial charge on any atom is -0.512 e. The lowest BCUT2D eigenvalue weighted by Crippen LogP contribution is -2.75. The predicted molar refractivity (Wildman–Crippen MR) is 269 cm³/mol. The number of ketones is 1. The summed E-state index contributed by atoms with van der Waals surface area (Å²) in [6.45, 7) is 9.45. The van der Waals surface area contributed by atoms with Crippen molar-refractivity contribution < 1.29 is 91.5 Å². The smallest absolute Gasteiger partial charge is 0.408 e. The molecule has 21 nitrogen and oxygen atoms in total. The molecule has 1 saturated carbocycles. The van der Waals surface area contributed by atoms with Crippen LogP contribution < -0.4 is 10.6 Å². The number of hydrogen-bond donors (Lipinski definition) is 5. The van der Waals surface area contributed by atoms with E-state index in [0.29, 0.717) is 0 Å². The second kappa shape index (κ2) is 24.0. The molecule has 0 aromatic heterocycles. The van der Waals surface area contributed by atoms with Gasteiger partial charge < -0.3 is 68.6 Å². The van der Waals surface area contributed by atoms with Crippen LogP contribution in [-0.4, -0.2) is 144 Å². The first-order valence-electron chi connectivity index (χ1n) is 25.2. The van der Waals surface area contributed by atoms with E-state index in [9.17, 15) is 44.1 Å². The molecule has 2 bridgehead atoms. The first kappa shape index (κ1) is 57.5. The monoisotopic (exact) mass is 1070 g/mol. The first-order chi connectivity index (χ1) is 36.5. The van der Waals surface area contributed by atoms with Crippen molar-refractivity contribution in [2.24, 2.45) is 11.3 Å². The zero-order valence-electron chi connectivity index (χ0n) is 43.9. The number of esters is 4. The Labute approximate surface area is 445 Å². The Kier molecular flexibility index (Phi) is 17.9. The number of ether oxygens (including phenoxy) is 9. The fourth-order valence-electron chi connectivity index (χ4n) is 10.4. The van der Waals surface area contributed by atoms with Crippen LogP contribution in [-0.2, 0) is 68.4 Å². The molecule has 3 aliphatic carbocycles. The van der Waals surface area contributed by atoms with Crippen LogP contribution in [0.3, 0.4) is 0 Å². The molecule has 1 aliphatic heterocycles. The van der Waals surface area contributed by atoms with Crippen LogP contribution in [0.5, 0.6) is 0 Å². The second-order valence-electron chi connectivity index (χ2n) is 20.7. The van der Waals surface area contributed by atoms with Gasteiger partial charge in [-0.1, -0.05) is 92.7 Å². The van der Waals surface area contributed by atoms with Crippen LogP contribution in [0.15, 0.2) is 113 Å². The molecular weight excluding hydrogens is 1000 g/mol. The number of alkyl carbamates (subject to hydrolysis) is 2. The van der Waals surface area contributed by atoms with Crippen molar-refractivity contribution in [1.82, 2.24) is 10.6 Å². The van der Waals surface area contributed by atoms with Crippen LogP contribution in [0, 0.1) is 11.3 Å². The van der Waals surface area contributed by atoms with Gasteiger partial charge in [0.05, 0.1) is 37.9 Å². The van der Waals surface area contributed by atoms with Gasteiger partial charge in [-0.3, -0.25) is 9.59 Å². The fourth-order valence-corrected chi connectivity index (χ4v) is 10.4. The van der Waals surface area contributed by atoms with E-state index in [0.717, 1.165) is 12.5 Å². The van der Waals surface area contributed by atoms with Crippen LogP contribution in [0.25, 0.3) is 0 Å². The molecule has 4 aliphatic rings. The van der Waals surface area contributed by atoms with Gasteiger partial charge in [0.2, 0.25) is 6.10 Å². The molecule has 3 aromatic carbocycles. The number of rotatable bonds is 19. The SMILES string of the molecule is CC(=O)O[C@@]12COC1CC(O)=C1C(=O)[C@H](O)C3=C(C)[C@@H](OC(=O)[C@H](OC(=O)COCCOCCNC(=O)OCc4ccccc4)[C@@H](NC(=O)OC(C)(C)C)c4ccccc4)C[C@@](O)([C@@H](OC(=O)c4ccccc4)[C@@H]12)C3(C)C. The lowest BCUT2D eigenvalue weighted by Gasteiger charge is -2.62. The van der Waals surface area contributed by atoms with Crippen LogP contribution >= 0.6 is 0 Å². The Morgan fingerprint density at radius 2 is 1.49 bits per heavy atom. The van der Waals surface area contributed by atoms with Crippen LogP contribution in [0.2, 0.25) is 0 Å². The number of amides is 2. The van der Waals surface area contributed by atoms with E-state index in [1.54, 1.807) is 69.3 Å². The average Bonchev–Trinajstić information content (AvgIpc) is 3.45. The summed E-state index contributed by atoms with van der Waals surface area (Å²) in [5.74, 6) is -7.48. The molecule has 9 atom stereocenters. The summed E-state index contributed by atoms with van der Waals surface area (Å²) in [5, 5.41) is 42.8. The number of nitrogens with one attached hydrogen (secondary N) is 2. The summed E-state index contributed by atoms with van der Waals surface area (Å²) in [7, 11) is 0. The van der Waals surface area contributed by atoms with Crippen LogP contribution in [0.1, 0.15) is 88.8 Å². The maximum atomic E-state index is 15.1. The summed E-state index contributed by atoms with van der Waals surface area (Å²) >= 11 is 0. The third kappa shape index (κ3) is 12.8. The lowest BCUT2D eigenvalue weighted by atomic mass is 9.51. The van der Waals surface area contributed by atoms with Crippen molar-refractivity contribution in [3.8, 4) is 0 Å². The van der Waals surface area contributed by atoms with Gasteiger partial charge >= 0.3 is 36.1 Å².